The summed E-state index contributed by atoms with van der Waals surface area (Å²) in [7, 11) is 1.72. The lowest BCUT2D eigenvalue weighted by Crippen LogP contribution is -2.32. The van der Waals surface area contributed by atoms with Crippen molar-refractivity contribution in [2.75, 3.05) is 37.4 Å². The molecule has 2 heterocycles. The molecule has 1 aromatic rings. The predicted molar refractivity (Wildman–Crippen MR) is 65.4 cm³/mol. The van der Waals surface area contributed by atoms with Crippen molar-refractivity contribution < 1.29 is 13.5 Å². The van der Waals surface area contributed by atoms with E-state index in [2.05, 4.69) is 4.98 Å². The van der Waals surface area contributed by atoms with E-state index in [4.69, 9.17) is 10.5 Å². The van der Waals surface area contributed by atoms with Crippen LogP contribution >= 0.6 is 0 Å². The third-order valence-electron chi connectivity index (χ3n) is 3.09. The molecule has 0 bridgehead atoms. The smallest absolute Gasteiger partial charge is 0.168 e. The molecular formula is C12H17F2N3O. The normalized spacial score (nSPS) is 19.8. The van der Waals surface area contributed by atoms with Crippen LogP contribution in [0.5, 0.6) is 0 Å². The lowest BCUT2D eigenvalue weighted by Gasteiger charge is -2.28. The number of ether oxygens (including phenoxy) is 1. The van der Waals surface area contributed by atoms with Crippen LogP contribution in [0, 0.1) is 17.6 Å². The molecule has 0 radical (unpaired) electrons. The van der Waals surface area contributed by atoms with Crippen molar-refractivity contribution >= 4 is 11.6 Å². The maximum atomic E-state index is 13.6. The lowest BCUT2D eigenvalue weighted by atomic mass is 10.0. The van der Waals surface area contributed by atoms with E-state index in [0.717, 1.165) is 25.5 Å². The molecule has 100 valence electrons. The number of rotatable bonds is 3. The number of nitrogens with zero attached hydrogens (tertiary/aromatic N) is 2. The highest BCUT2D eigenvalue weighted by Crippen LogP contribution is 2.22. The van der Waals surface area contributed by atoms with Gasteiger partial charge in [0, 0.05) is 26.3 Å². The number of anilines is 2. The summed E-state index contributed by atoms with van der Waals surface area (Å²) in [6.45, 7) is 2.08. The second-order valence-corrected chi connectivity index (χ2v) is 4.62. The highest BCUT2D eigenvalue weighted by atomic mass is 19.1. The second-order valence-electron chi connectivity index (χ2n) is 4.62. The first-order valence-corrected chi connectivity index (χ1v) is 5.98. The van der Waals surface area contributed by atoms with E-state index in [1.807, 2.05) is 0 Å². The molecule has 18 heavy (non-hydrogen) atoms. The van der Waals surface area contributed by atoms with Crippen LogP contribution in [0.15, 0.2) is 6.07 Å². The average molecular weight is 257 g/mol. The number of nitrogen functional groups attached to an aromatic ring is 1. The summed E-state index contributed by atoms with van der Waals surface area (Å²) in [5, 5.41) is 0. The fraction of sp³-hybridized carbons (Fsp3) is 0.583. The van der Waals surface area contributed by atoms with Crippen LogP contribution in [-0.2, 0) is 4.74 Å². The van der Waals surface area contributed by atoms with Gasteiger partial charge in [0.05, 0.1) is 6.61 Å². The molecule has 0 spiro atoms. The second kappa shape index (κ2) is 5.48. The summed E-state index contributed by atoms with van der Waals surface area (Å²) in [5.41, 5.74) is 5.36. The first-order chi connectivity index (χ1) is 8.58. The minimum absolute atomic E-state index is 0.0828. The molecule has 4 nitrogen and oxygen atoms in total. The third-order valence-corrected chi connectivity index (χ3v) is 3.09. The molecule has 0 aliphatic carbocycles. The van der Waals surface area contributed by atoms with Crippen LogP contribution in [0.3, 0.4) is 0 Å². The number of hydrogen-bond donors (Lipinski definition) is 1. The van der Waals surface area contributed by atoms with E-state index in [-0.39, 0.29) is 11.6 Å². The van der Waals surface area contributed by atoms with Gasteiger partial charge in [-0.25, -0.2) is 13.8 Å². The Bertz CT molecular complexity index is 422. The van der Waals surface area contributed by atoms with Crippen molar-refractivity contribution in [3.63, 3.8) is 0 Å². The molecule has 1 aromatic heterocycles. The van der Waals surface area contributed by atoms with E-state index in [1.165, 1.54) is 0 Å². The van der Waals surface area contributed by atoms with Gasteiger partial charge in [0.1, 0.15) is 0 Å². The fourth-order valence-corrected chi connectivity index (χ4v) is 2.16. The summed E-state index contributed by atoms with van der Waals surface area (Å²) in [4.78, 5) is 5.41. The molecule has 1 unspecified atom stereocenters. The zero-order valence-electron chi connectivity index (χ0n) is 10.3. The van der Waals surface area contributed by atoms with Crippen LogP contribution in [0.4, 0.5) is 20.4 Å². The van der Waals surface area contributed by atoms with E-state index in [9.17, 15) is 8.78 Å². The van der Waals surface area contributed by atoms with E-state index in [0.29, 0.717) is 19.1 Å². The van der Waals surface area contributed by atoms with Gasteiger partial charge in [-0.15, -0.1) is 0 Å². The summed E-state index contributed by atoms with van der Waals surface area (Å²) in [6, 6.07) is 0.769. The van der Waals surface area contributed by atoms with Gasteiger partial charge >= 0.3 is 0 Å². The topological polar surface area (TPSA) is 51.4 Å². The van der Waals surface area contributed by atoms with Gasteiger partial charge < -0.3 is 15.4 Å². The first kappa shape index (κ1) is 13.0. The standard InChI is InChI=1S/C12H17F2N3O/c1-17(6-8-3-2-4-18-7-8)12-10(14)5-9(13)11(15)16-12/h5,8H,2-4,6-7H2,1H3,(H2,15,16). The van der Waals surface area contributed by atoms with Crippen molar-refractivity contribution in [1.82, 2.24) is 4.98 Å². The molecule has 0 saturated carbocycles. The molecule has 2 rings (SSSR count). The maximum Gasteiger partial charge on any atom is 0.168 e. The van der Waals surface area contributed by atoms with Crippen LogP contribution in [0.25, 0.3) is 0 Å². The Hall–Kier alpha value is -1.43. The summed E-state index contributed by atoms with van der Waals surface area (Å²) in [6.07, 6.45) is 2.06. The van der Waals surface area contributed by atoms with E-state index in [1.54, 1.807) is 11.9 Å². The Kier molecular flexibility index (Phi) is 3.96. The Balaban J connectivity index is 2.08. The Morgan fingerprint density at radius 2 is 2.28 bits per heavy atom. The minimum Gasteiger partial charge on any atom is -0.381 e. The number of halogens is 2. The van der Waals surface area contributed by atoms with Crippen LogP contribution in [0.2, 0.25) is 0 Å². The monoisotopic (exact) mass is 257 g/mol. The van der Waals surface area contributed by atoms with Gasteiger partial charge in [-0.3, -0.25) is 0 Å². The number of nitrogens with two attached hydrogens (primary N) is 1. The fourth-order valence-electron chi connectivity index (χ4n) is 2.16. The van der Waals surface area contributed by atoms with Gasteiger partial charge in [0.15, 0.2) is 23.3 Å². The van der Waals surface area contributed by atoms with Crippen molar-refractivity contribution in [1.29, 1.82) is 0 Å². The van der Waals surface area contributed by atoms with Gasteiger partial charge in [-0.1, -0.05) is 0 Å². The van der Waals surface area contributed by atoms with Gasteiger partial charge in [0.25, 0.3) is 0 Å². The van der Waals surface area contributed by atoms with E-state index < -0.39 is 11.6 Å². The number of aromatic nitrogens is 1. The SMILES string of the molecule is CN(CC1CCCOC1)c1nc(N)c(F)cc1F. The summed E-state index contributed by atoms with van der Waals surface area (Å²) in [5.74, 6) is -1.37. The molecule has 1 saturated heterocycles. The minimum atomic E-state index is -0.828. The van der Waals surface area contributed by atoms with Gasteiger partial charge in [-0.05, 0) is 18.8 Å². The third kappa shape index (κ3) is 2.87. The first-order valence-electron chi connectivity index (χ1n) is 5.98. The van der Waals surface area contributed by atoms with Crippen LogP contribution < -0.4 is 10.6 Å². The van der Waals surface area contributed by atoms with E-state index >= 15 is 0 Å². The van der Waals surface area contributed by atoms with Crippen molar-refractivity contribution in [2.24, 2.45) is 5.92 Å². The summed E-state index contributed by atoms with van der Waals surface area (Å²) >= 11 is 0. The summed E-state index contributed by atoms with van der Waals surface area (Å²) < 4.78 is 32.0. The largest absolute Gasteiger partial charge is 0.381 e. The highest BCUT2D eigenvalue weighted by molar-refractivity contribution is 5.46. The Morgan fingerprint density at radius 3 is 2.94 bits per heavy atom. The van der Waals surface area contributed by atoms with Crippen LogP contribution in [-0.4, -0.2) is 31.8 Å². The zero-order valence-corrected chi connectivity index (χ0v) is 10.3. The van der Waals surface area contributed by atoms with Gasteiger partial charge in [-0.2, -0.15) is 0 Å². The van der Waals surface area contributed by atoms with Crippen molar-refractivity contribution in [3.8, 4) is 0 Å². The molecule has 6 heteroatoms. The molecular weight excluding hydrogens is 240 g/mol. The number of pyridine rings is 1. The van der Waals surface area contributed by atoms with Crippen LogP contribution in [0.1, 0.15) is 12.8 Å². The van der Waals surface area contributed by atoms with Gasteiger partial charge in [0.2, 0.25) is 0 Å². The molecule has 0 amide bonds. The average Bonchev–Trinajstić information content (AvgIpc) is 2.35. The zero-order chi connectivity index (χ0) is 13.1. The molecule has 0 aromatic carbocycles. The Labute approximate surface area is 105 Å². The highest BCUT2D eigenvalue weighted by Gasteiger charge is 2.19. The molecule has 1 atom stereocenters. The predicted octanol–water partition coefficient (Wildman–Crippen LogP) is 1.80. The lowest BCUT2D eigenvalue weighted by molar-refractivity contribution is 0.0575. The van der Waals surface area contributed by atoms with Crippen molar-refractivity contribution in [2.45, 2.75) is 12.8 Å². The molecule has 2 N–H and O–H groups in total. The molecule has 1 aliphatic rings. The molecule has 1 aliphatic heterocycles. The molecule has 1 fully saturated rings. The van der Waals surface area contributed by atoms with Crippen molar-refractivity contribution in [3.05, 3.63) is 17.7 Å². The number of hydrogen-bond acceptors (Lipinski definition) is 4. The quantitative estimate of drug-likeness (QED) is 0.897. The Morgan fingerprint density at radius 1 is 1.50 bits per heavy atom. The maximum absolute atomic E-state index is 13.6.